The van der Waals surface area contributed by atoms with Gasteiger partial charge in [0.15, 0.2) is 0 Å². The van der Waals surface area contributed by atoms with E-state index in [9.17, 15) is 0 Å². The van der Waals surface area contributed by atoms with E-state index < -0.39 is 0 Å². The normalized spacial score (nSPS) is 11.0. The fourth-order valence-electron chi connectivity index (χ4n) is 6.69. The Balaban J connectivity index is 0.000000792. The maximum absolute atomic E-state index is 7.00. The molecule has 0 unspecified atom stereocenters. The molecule has 0 fully saturated rings. The number of hydrogen-bond donors (Lipinski definition) is 2. The van der Waals surface area contributed by atoms with Crippen molar-refractivity contribution in [3.05, 3.63) is 168 Å². The molecule has 9 rings (SSSR count). The summed E-state index contributed by atoms with van der Waals surface area (Å²) in [7, 11) is 2.00. The molecule has 8 heteroatoms. The molecule has 0 aliphatic carbocycles. The van der Waals surface area contributed by atoms with Crippen LogP contribution in [0.5, 0.6) is 0 Å². The Kier molecular flexibility index (Phi) is 13.3. The van der Waals surface area contributed by atoms with E-state index in [2.05, 4.69) is 158 Å². The van der Waals surface area contributed by atoms with Gasteiger partial charge >= 0.3 is 33.4 Å². The van der Waals surface area contributed by atoms with E-state index in [0.29, 0.717) is 0 Å². The molecule has 54 heavy (non-hydrogen) atoms. The zero-order valence-electron chi connectivity index (χ0n) is 29.7. The quantitative estimate of drug-likeness (QED) is 0.171. The van der Waals surface area contributed by atoms with Crippen molar-refractivity contribution < 1.29 is 10.2 Å². The van der Waals surface area contributed by atoms with Gasteiger partial charge < -0.3 is 20.2 Å². The summed E-state index contributed by atoms with van der Waals surface area (Å²) in [5, 5.41) is 14.0. The van der Waals surface area contributed by atoms with Gasteiger partial charge in [0.05, 0.1) is 22.8 Å². The van der Waals surface area contributed by atoms with Gasteiger partial charge in [0.1, 0.15) is 0 Å². The van der Waals surface area contributed by atoms with Gasteiger partial charge in [-0.15, -0.1) is 22.1 Å². The van der Waals surface area contributed by atoms with E-state index in [1.165, 1.54) is 0 Å². The molecule has 5 heterocycles. The Morgan fingerprint density at radius 1 is 0.352 bits per heavy atom. The molecule has 0 saturated carbocycles. The second-order valence-corrected chi connectivity index (χ2v) is 11.8. The Bertz CT molecular complexity index is 2200. The van der Waals surface area contributed by atoms with Gasteiger partial charge in [0.25, 0.3) is 0 Å². The molecule has 8 bridgehead atoms. The molecule has 0 atom stereocenters. The van der Waals surface area contributed by atoms with Crippen LogP contribution < -0.4 is 9.97 Å². The fourth-order valence-corrected chi connectivity index (χ4v) is 6.69. The molecule has 0 spiro atoms. The fraction of sp³-hybridized carbons (Fsp3) is 0.0435. The van der Waals surface area contributed by atoms with E-state index in [-0.39, 0.29) is 0 Å². The van der Waals surface area contributed by atoms with Crippen molar-refractivity contribution >= 4 is 79.7 Å². The molecule has 3 aromatic heterocycles. The molecule has 266 valence electrons. The van der Waals surface area contributed by atoms with Crippen LogP contribution >= 0.6 is 12.6 Å². The third kappa shape index (κ3) is 7.96. The predicted octanol–water partition coefficient (Wildman–Crippen LogP) is 10.3. The van der Waals surface area contributed by atoms with Gasteiger partial charge in [-0.05, 0) is 68.8 Å². The number of rotatable bonds is 4. The van der Waals surface area contributed by atoms with Crippen LogP contribution in [0.2, 0.25) is 0 Å². The van der Waals surface area contributed by atoms with Crippen molar-refractivity contribution in [2.24, 2.45) is 0 Å². The first-order valence-corrected chi connectivity index (χ1v) is 22.9. The standard InChI is InChI=1S/C44H28N4.2CH4O.BrH.Sb/c1-5-13-29(14-6-1)41-33-21-23-35(45-33)42(30-15-7-2-8-16-30)37-25-27-39(47-37)44(32-19-11-4-12-20-32)40-28-26-38(48-40)43(31-17-9-3-10-18-31)36-24-22-34(41)46-36;2*1-2;;/h1-28H;2*2H,1H3;1H;/q-2;;;;+1/p-1. The van der Waals surface area contributed by atoms with Gasteiger partial charge in [-0.3, -0.25) is 0 Å². The van der Waals surface area contributed by atoms with Crippen LogP contribution in [0.1, 0.15) is 22.8 Å². The van der Waals surface area contributed by atoms with Crippen molar-refractivity contribution in [1.29, 1.82) is 0 Å². The van der Waals surface area contributed by atoms with E-state index in [4.69, 9.17) is 30.1 Å². The molecule has 0 amide bonds. The molecule has 2 aliphatic heterocycles. The van der Waals surface area contributed by atoms with E-state index in [1.807, 2.05) is 24.3 Å². The summed E-state index contributed by atoms with van der Waals surface area (Å²) in [5.41, 5.74) is 15.0. The maximum atomic E-state index is 7.00. The van der Waals surface area contributed by atoms with Crippen LogP contribution in [-0.4, -0.2) is 55.2 Å². The number of nitrogens with zero attached hydrogens (tertiary/aromatic N) is 4. The Labute approximate surface area is 334 Å². The summed E-state index contributed by atoms with van der Waals surface area (Å²) >= 11 is 4.55. The first kappa shape index (κ1) is 38.4. The second-order valence-electron chi connectivity index (χ2n) is 11.8. The molecule has 2 N–H and O–H groups in total. The molecule has 6 nitrogen and oxygen atoms in total. The van der Waals surface area contributed by atoms with Crippen molar-refractivity contribution in [3.63, 3.8) is 0 Å². The summed E-state index contributed by atoms with van der Waals surface area (Å²) in [6.45, 7) is 0. The molecule has 0 saturated heterocycles. The SMILES string of the molecule is C1=Cc2nc1c(-c1ccccc1)c1ccc([n-]1)c(-c1ccccc1)c1nc(c(-c3ccccc3)c3ccc([n-]3)c2-c2ccccc2)C=C1.CO.CO.[Br][Sb]. The number of aromatic nitrogens is 4. The third-order valence-corrected chi connectivity index (χ3v) is 8.86. The van der Waals surface area contributed by atoms with Crippen LogP contribution in [-0.2, 0) is 0 Å². The average molecular weight is 878 g/mol. The molecule has 4 aromatic carbocycles. The summed E-state index contributed by atoms with van der Waals surface area (Å²) in [4.78, 5) is 21.2. The number of halogens is 1. The van der Waals surface area contributed by atoms with Crippen molar-refractivity contribution in [1.82, 2.24) is 19.9 Å². The zero-order chi connectivity index (χ0) is 37.9. The van der Waals surface area contributed by atoms with Gasteiger partial charge in [-0.25, -0.2) is 9.97 Å². The average Bonchev–Trinajstić information content (AvgIpc) is 4.10. The van der Waals surface area contributed by atoms with E-state index >= 15 is 0 Å². The monoisotopic (exact) mass is 876 g/mol. The number of fused-ring (bicyclic) bond motifs is 8. The van der Waals surface area contributed by atoms with Crippen LogP contribution in [0.4, 0.5) is 0 Å². The Morgan fingerprint density at radius 3 is 0.759 bits per heavy atom. The number of aliphatic hydroxyl groups is 2. The van der Waals surface area contributed by atoms with Gasteiger partial charge in [0, 0.05) is 14.2 Å². The van der Waals surface area contributed by atoms with Crippen LogP contribution in [0.15, 0.2) is 146 Å². The molecule has 2 radical (unpaired) electrons. The predicted molar refractivity (Wildman–Crippen MR) is 230 cm³/mol. The Hall–Kier alpha value is -5.30. The molecule has 2 aliphatic rings. The van der Waals surface area contributed by atoms with Crippen molar-refractivity contribution in [2.75, 3.05) is 14.2 Å². The summed E-state index contributed by atoms with van der Waals surface area (Å²) in [5.74, 6) is 0. The minimum atomic E-state index is 0.861. The number of aliphatic hydroxyl groups excluding tert-OH is 2. The second kappa shape index (κ2) is 18.6. The summed E-state index contributed by atoms with van der Waals surface area (Å²) in [6.07, 6.45) is 8.41. The molecular weight excluding hydrogens is 842 g/mol. The third-order valence-electron chi connectivity index (χ3n) is 8.86. The number of benzene rings is 4. The first-order valence-electron chi connectivity index (χ1n) is 17.1. The van der Waals surface area contributed by atoms with Gasteiger partial charge in [0.2, 0.25) is 0 Å². The summed E-state index contributed by atoms with van der Waals surface area (Å²) < 4.78 is 0. The number of hydrogen-bond acceptors (Lipinski definition) is 4. The summed E-state index contributed by atoms with van der Waals surface area (Å²) in [6, 6.07) is 50.0. The van der Waals surface area contributed by atoms with Crippen LogP contribution in [0.25, 0.3) is 90.9 Å². The molecular formula is C46H36BrN4O2Sb-2. The van der Waals surface area contributed by atoms with E-state index in [1.54, 1.807) is 20.8 Å². The van der Waals surface area contributed by atoms with Crippen LogP contribution in [0, 0.1) is 0 Å². The van der Waals surface area contributed by atoms with Crippen LogP contribution in [0.3, 0.4) is 0 Å². The topological polar surface area (TPSA) is 94.4 Å². The Morgan fingerprint density at radius 2 is 0.556 bits per heavy atom. The zero-order valence-corrected chi connectivity index (χ0v) is 33.8. The van der Waals surface area contributed by atoms with Gasteiger partial charge in [-0.2, -0.15) is 0 Å². The molecule has 7 aromatic rings. The van der Waals surface area contributed by atoms with Crippen molar-refractivity contribution in [2.45, 2.75) is 0 Å². The van der Waals surface area contributed by atoms with Gasteiger partial charge in [-0.1, -0.05) is 146 Å². The van der Waals surface area contributed by atoms with Crippen molar-refractivity contribution in [3.8, 4) is 44.5 Å². The first-order chi connectivity index (χ1) is 26.8. The van der Waals surface area contributed by atoms with E-state index in [0.717, 1.165) is 104 Å². The minimum absolute atomic E-state index is 0.861.